The molecule has 0 unspecified atom stereocenters. The highest BCUT2D eigenvalue weighted by Crippen LogP contribution is 2.36. The molecule has 0 saturated heterocycles. The normalized spacial score (nSPS) is 12.0. The Hall–Kier alpha value is -1.00. The maximum atomic E-state index is 13.6. The maximum Gasteiger partial charge on any atom is 0.213 e. The van der Waals surface area contributed by atoms with Crippen LogP contribution in [0.25, 0.3) is 0 Å². The summed E-state index contributed by atoms with van der Waals surface area (Å²) < 4.78 is 91.1. The Kier molecular flexibility index (Phi) is 4.15. The molecule has 2 nitrogen and oxygen atoms in total. The van der Waals surface area contributed by atoms with Crippen LogP contribution in [0, 0.1) is 36.0 Å². The van der Waals surface area contributed by atoms with Gasteiger partial charge in [-0.15, -0.1) is 11.3 Å². The summed E-state index contributed by atoms with van der Waals surface area (Å²) in [7, 11) is -4.89. The molecule has 1 heterocycles. The molecular weight excluding hydrogens is 403 g/mol. The molecule has 0 fully saturated rings. The lowest BCUT2D eigenvalue weighted by molar-refractivity contribution is 0.357. The molecule has 21 heavy (non-hydrogen) atoms. The van der Waals surface area contributed by atoms with E-state index in [1.165, 1.54) is 6.92 Å². The second kappa shape index (κ2) is 5.33. The average Bonchev–Trinajstić information content (AvgIpc) is 2.74. The Bertz CT molecular complexity index is 816. The van der Waals surface area contributed by atoms with Gasteiger partial charge in [0, 0.05) is 4.88 Å². The molecular formula is C11H4BrF5O2S2. The van der Waals surface area contributed by atoms with Crippen molar-refractivity contribution in [2.45, 2.75) is 16.7 Å². The third-order valence-corrected chi connectivity index (χ3v) is 6.15. The van der Waals surface area contributed by atoms with Crippen LogP contribution in [0.2, 0.25) is 0 Å². The van der Waals surface area contributed by atoms with E-state index >= 15 is 0 Å². The van der Waals surface area contributed by atoms with Crippen molar-refractivity contribution in [2.24, 2.45) is 0 Å². The molecule has 0 aliphatic carbocycles. The van der Waals surface area contributed by atoms with Crippen LogP contribution in [-0.2, 0) is 9.84 Å². The molecule has 0 spiro atoms. The van der Waals surface area contributed by atoms with Crippen LogP contribution in [-0.4, -0.2) is 8.42 Å². The lowest BCUT2D eigenvalue weighted by Crippen LogP contribution is -2.13. The molecule has 0 bridgehead atoms. The summed E-state index contributed by atoms with van der Waals surface area (Å²) in [5, 5.41) is 0. The highest BCUT2D eigenvalue weighted by Gasteiger charge is 2.35. The Balaban J connectivity index is 2.87. The number of halogens is 6. The SMILES string of the molecule is Cc1sc(Br)cc1S(=O)(=O)c1c(F)c(F)c(F)c(F)c1F. The molecule has 0 atom stereocenters. The van der Waals surface area contributed by atoms with Crippen LogP contribution in [0.3, 0.4) is 0 Å². The number of rotatable bonds is 2. The molecule has 0 aliphatic heterocycles. The van der Waals surface area contributed by atoms with Crippen molar-refractivity contribution < 1.29 is 30.4 Å². The van der Waals surface area contributed by atoms with Crippen molar-refractivity contribution in [1.29, 1.82) is 0 Å². The van der Waals surface area contributed by atoms with E-state index in [4.69, 9.17) is 0 Å². The van der Waals surface area contributed by atoms with Crippen molar-refractivity contribution in [3.8, 4) is 0 Å². The van der Waals surface area contributed by atoms with Gasteiger partial charge in [0.15, 0.2) is 23.3 Å². The van der Waals surface area contributed by atoms with Gasteiger partial charge >= 0.3 is 0 Å². The number of thiophene rings is 1. The molecule has 0 amide bonds. The lowest BCUT2D eigenvalue weighted by Gasteiger charge is -2.09. The molecule has 2 aromatic rings. The van der Waals surface area contributed by atoms with Gasteiger partial charge in [-0.2, -0.15) is 0 Å². The minimum absolute atomic E-state index is 0.144. The summed E-state index contributed by atoms with van der Waals surface area (Å²) in [4.78, 5) is -2.24. The van der Waals surface area contributed by atoms with Crippen molar-refractivity contribution in [2.75, 3.05) is 0 Å². The van der Waals surface area contributed by atoms with Gasteiger partial charge in [-0.1, -0.05) is 0 Å². The van der Waals surface area contributed by atoms with Gasteiger partial charge < -0.3 is 0 Å². The van der Waals surface area contributed by atoms with Gasteiger partial charge in [0.05, 0.1) is 8.68 Å². The van der Waals surface area contributed by atoms with Gasteiger partial charge in [0.25, 0.3) is 0 Å². The smallest absolute Gasteiger partial charge is 0.213 e. The summed E-state index contributed by atoms with van der Waals surface area (Å²) in [5.41, 5.74) is 0. The third kappa shape index (κ3) is 2.49. The van der Waals surface area contributed by atoms with E-state index < -0.39 is 48.7 Å². The fraction of sp³-hybridized carbons (Fsp3) is 0.0909. The van der Waals surface area contributed by atoms with E-state index in [0.29, 0.717) is 3.79 Å². The minimum Gasteiger partial charge on any atom is -0.218 e. The quantitative estimate of drug-likeness (QED) is 0.321. The van der Waals surface area contributed by atoms with Crippen molar-refractivity contribution in [1.82, 2.24) is 0 Å². The Morgan fingerprint density at radius 2 is 1.38 bits per heavy atom. The van der Waals surface area contributed by atoms with E-state index in [2.05, 4.69) is 15.9 Å². The van der Waals surface area contributed by atoms with Crippen LogP contribution in [0.4, 0.5) is 22.0 Å². The molecule has 1 aromatic carbocycles. The maximum absolute atomic E-state index is 13.6. The first kappa shape index (κ1) is 16.4. The van der Waals surface area contributed by atoms with E-state index in [-0.39, 0.29) is 4.88 Å². The highest BCUT2D eigenvalue weighted by molar-refractivity contribution is 9.11. The van der Waals surface area contributed by atoms with Crippen LogP contribution in [0.5, 0.6) is 0 Å². The minimum atomic E-state index is -4.89. The Morgan fingerprint density at radius 1 is 0.952 bits per heavy atom. The molecule has 0 saturated carbocycles. The first-order valence-corrected chi connectivity index (χ1v) is 8.20. The fourth-order valence-electron chi connectivity index (χ4n) is 1.63. The number of sulfone groups is 1. The highest BCUT2D eigenvalue weighted by atomic mass is 79.9. The molecule has 0 N–H and O–H groups in total. The number of aryl methyl sites for hydroxylation is 1. The molecule has 114 valence electrons. The van der Waals surface area contributed by atoms with Gasteiger partial charge in [-0.25, -0.2) is 30.4 Å². The third-order valence-electron chi connectivity index (χ3n) is 2.57. The number of hydrogen-bond acceptors (Lipinski definition) is 3. The summed E-state index contributed by atoms with van der Waals surface area (Å²) in [6.45, 7) is 1.34. The zero-order chi connectivity index (χ0) is 16.1. The van der Waals surface area contributed by atoms with Crippen LogP contribution in [0.15, 0.2) is 19.6 Å². The van der Waals surface area contributed by atoms with Gasteiger partial charge in [-0.3, -0.25) is 0 Å². The molecule has 0 radical (unpaired) electrons. The van der Waals surface area contributed by atoms with Crippen molar-refractivity contribution in [3.63, 3.8) is 0 Å². The van der Waals surface area contributed by atoms with E-state index in [1.54, 1.807) is 0 Å². The second-order valence-corrected chi connectivity index (χ2v) is 8.36. The van der Waals surface area contributed by atoms with Gasteiger partial charge in [0.1, 0.15) is 4.90 Å². The molecule has 1 aromatic heterocycles. The van der Waals surface area contributed by atoms with E-state index in [1.807, 2.05) is 0 Å². The molecule has 2 rings (SSSR count). The number of benzene rings is 1. The first-order valence-electron chi connectivity index (χ1n) is 5.11. The van der Waals surface area contributed by atoms with Crippen LogP contribution >= 0.6 is 27.3 Å². The average molecular weight is 407 g/mol. The first-order chi connectivity index (χ1) is 9.59. The van der Waals surface area contributed by atoms with Gasteiger partial charge in [0.2, 0.25) is 15.7 Å². The molecule has 0 aliphatic rings. The summed E-state index contributed by atoms with van der Waals surface area (Å²) >= 11 is 3.93. The summed E-state index contributed by atoms with van der Waals surface area (Å²) in [6.07, 6.45) is 0. The van der Waals surface area contributed by atoms with Crippen LogP contribution < -0.4 is 0 Å². The van der Waals surface area contributed by atoms with E-state index in [0.717, 1.165) is 17.4 Å². The van der Waals surface area contributed by atoms with Gasteiger partial charge in [-0.05, 0) is 28.9 Å². The number of hydrogen-bond donors (Lipinski definition) is 0. The second-order valence-electron chi connectivity index (χ2n) is 3.87. The molecule has 10 heteroatoms. The zero-order valence-corrected chi connectivity index (χ0v) is 13.2. The van der Waals surface area contributed by atoms with Crippen molar-refractivity contribution >= 4 is 37.1 Å². The Morgan fingerprint density at radius 3 is 1.76 bits per heavy atom. The van der Waals surface area contributed by atoms with E-state index in [9.17, 15) is 30.4 Å². The standard InChI is InChI=1S/C11H4BrF5O2S2/c1-3-4(2-5(12)20-3)21(18,19)11-9(16)7(14)6(13)8(15)10(11)17/h2H,1H3. The predicted octanol–water partition coefficient (Wildman–Crippen LogP) is 4.35. The van der Waals surface area contributed by atoms with Crippen LogP contribution in [0.1, 0.15) is 4.88 Å². The monoisotopic (exact) mass is 406 g/mol. The predicted molar refractivity (Wildman–Crippen MR) is 68.4 cm³/mol. The Labute approximate surface area is 128 Å². The summed E-state index contributed by atoms with van der Waals surface area (Å²) in [6, 6.07) is 1.04. The lowest BCUT2D eigenvalue weighted by atomic mass is 10.3. The largest absolute Gasteiger partial charge is 0.218 e. The zero-order valence-electron chi connectivity index (χ0n) is 9.98. The summed E-state index contributed by atoms with van der Waals surface area (Å²) in [5.74, 6) is -11.8. The van der Waals surface area contributed by atoms with Crippen molar-refractivity contribution in [3.05, 3.63) is 43.8 Å². The fourth-order valence-corrected chi connectivity index (χ4v) is 5.42. The topological polar surface area (TPSA) is 34.1 Å².